The third-order valence-electron chi connectivity index (χ3n) is 2.25. The highest BCUT2D eigenvalue weighted by Gasteiger charge is 2.24. The Morgan fingerprint density at radius 2 is 2.12 bits per heavy atom. The number of nitriles is 1. The minimum atomic E-state index is -3.70. The number of sulfonamides is 1. The van der Waals surface area contributed by atoms with Gasteiger partial charge in [-0.15, -0.1) is 0 Å². The van der Waals surface area contributed by atoms with Crippen LogP contribution in [0.5, 0.6) is 5.75 Å². The van der Waals surface area contributed by atoms with Crippen LogP contribution in [-0.4, -0.2) is 20.8 Å². The number of ether oxygens (including phenoxy) is 1. The lowest BCUT2D eigenvalue weighted by molar-refractivity contribution is 0.417. The van der Waals surface area contributed by atoms with E-state index in [1.807, 2.05) is 0 Å². The quantitative estimate of drug-likeness (QED) is 0.868. The molecule has 1 aromatic carbocycles. The largest absolute Gasteiger partial charge is 0.495 e. The summed E-state index contributed by atoms with van der Waals surface area (Å²) in [5.41, 5.74) is 0.337. The number of hydrogen-bond acceptors (Lipinski definition) is 4. The molecule has 5 nitrogen and oxygen atoms in total. The maximum Gasteiger partial charge on any atom is 0.249 e. The maximum atomic E-state index is 11.8. The highest BCUT2D eigenvalue weighted by molar-refractivity contribution is 7.93. The van der Waals surface area contributed by atoms with Gasteiger partial charge < -0.3 is 4.74 Å². The zero-order chi connectivity index (χ0) is 12.9. The third-order valence-corrected chi connectivity index (χ3v) is 3.94. The van der Waals surface area contributed by atoms with E-state index in [-0.39, 0.29) is 6.42 Å². The van der Waals surface area contributed by atoms with Crippen molar-refractivity contribution in [3.63, 3.8) is 0 Å². The van der Waals surface area contributed by atoms with E-state index >= 15 is 0 Å². The zero-order valence-electron chi connectivity index (χ0n) is 9.67. The molecule has 1 atom stereocenters. The summed E-state index contributed by atoms with van der Waals surface area (Å²) in [6.07, 6.45) is 0.237. The van der Waals surface area contributed by atoms with Crippen LogP contribution in [0.25, 0.3) is 0 Å². The maximum absolute atomic E-state index is 11.8. The molecule has 0 radical (unpaired) electrons. The normalized spacial score (nSPS) is 12.5. The summed E-state index contributed by atoms with van der Waals surface area (Å²) in [7, 11) is -2.25. The van der Waals surface area contributed by atoms with Crippen LogP contribution in [0, 0.1) is 11.3 Å². The predicted molar refractivity (Wildman–Crippen MR) is 65.2 cm³/mol. The molecule has 0 aliphatic heterocycles. The van der Waals surface area contributed by atoms with E-state index in [9.17, 15) is 8.42 Å². The van der Waals surface area contributed by atoms with E-state index in [0.29, 0.717) is 11.4 Å². The number of nitrogens with zero attached hydrogens (tertiary/aromatic N) is 1. The standard InChI is InChI=1S/C11H14N2O3S/c1-3-9(8-12)17(14,15)13-10-6-4-5-7-11(10)16-2/h4-7,9,13H,3H2,1-2H3. The van der Waals surface area contributed by atoms with Crippen molar-refractivity contribution in [2.75, 3.05) is 11.8 Å². The average molecular weight is 254 g/mol. The fourth-order valence-electron chi connectivity index (χ4n) is 1.33. The lowest BCUT2D eigenvalue weighted by Gasteiger charge is -2.13. The molecule has 0 aliphatic rings. The van der Waals surface area contributed by atoms with Gasteiger partial charge in [-0.1, -0.05) is 19.1 Å². The van der Waals surface area contributed by atoms with Gasteiger partial charge in [-0.25, -0.2) is 8.42 Å². The van der Waals surface area contributed by atoms with Crippen LogP contribution in [0.15, 0.2) is 24.3 Å². The molecule has 0 bridgehead atoms. The van der Waals surface area contributed by atoms with Crippen molar-refractivity contribution in [3.8, 4) is 11.8 Å². The lowest BCUT2D eigenvalue weighted by atomic mass is 10.3. The molecule has 1 aromatic rings. The molecule has 0 aromatic heterocycles. The zero-order valence-corrected chi connectivity index (χ0v) is 10.5. The van der Waals surface area contributed by atoms with Crippen molar-refractivity contribution in [3.05, 3.63) is 24.3 Å². The van der Waals surface area contributed by atoms with Gasteiger partial charge in [-0.3, -0.25) is 4.72 Å². The highest BCUT2D eigenvalue weighted by Crippen LogP contribution is 2.25. The average Bonchev–Trinajstić information content (AvgIpc) is 2.30. The van der Waals surface area contributed by atoms with E-state index in [1.165, 1.54) is 7.11 Å². The van der Waals surface area contributed by atoms with Gasteiger partial charge in [0.25, 0.3) is 0 Å². The van der Waals surface area contributed by atoms with E-state index in [2.05, 4.69) is 4.72 Å². The minimum absolute atomic E-state index is 0.237. The molecule has 0 spiro atoms. The van der Waals surface area contributed by atoms with E-state index in [0.717, 1.165) is 0 Å². The van der Waals surface area contributed by atoms with Crippen molar-refractivity contribution in [1.29, 1.82) is 5.26 Å². The second-order valence-electron chi connectivity index (χ2n) is 3.37. The number of rotatable bonds is 5. The first-order valence-corrected chi connectivity index (χ1v) is 6.64. The summed E-state index contributed by atoms with van der Waals surface area (Å²) >= 11 is 0. The molecule has 1 rings (SSSR count). The fraction of sp³-hybridized carbons (Fsp3) is 0.364. The SMILES string of the molecule is CCC(C#N)S(=O)(=O)Nc1ccccc1OC. The number of benzene rings is 1. The topological polar surface area (TPSA) is 79.2 Å². The Hall–Kier alpha value is -1.74. The molecule has 1 N–H and O–H groups in total. The predicted octanol–water partition coefficient (Wildman–Crippen LogP) is 1.74. The van der Waals surface area contributed by atoms with Crippen molar-refractivity contribution >= 4 is 15.7 Å². The van der Waals surface area contributed by atoms with Crippen molar-refractivity contribution in [1.82, 2.24) is 0 Å². The molecule has 0 aliphatic carbocycles. The van der Waals surface area contributed by atoms with Gasteiger partial charge in [0, 0.05) is 0 Å². The molecule has 0 saturated carbocycles. The first kappa shape index (κ1) is 13.3. The number of anilines is 1. The Kier molecular flexibility index (Phi) is 4.35. The first-order chi connectivity index (χ1) is 8.05. The van der Waals surface area contributed by atoms with Gasteiger partial charge in [0.05, 0.1) is 18.9 Å². The van der Waals surface area contributed by atoms with Crippen LogP contribution in [0.2, 0.25) is 0 Å². The molecule has 1 unspecified atom stereocenters. The lowest BCUT2D eigenvalue weighted by Crippen LogP contribution is -2.26. The summed E-state index contributed by atoms with van der Waals surface area (Å²) in [4.78, 5) is 0. The Morgan fingerprint density at radius 1 is 1.47 bits per heavy atom. The van der Waals surface area contributed by atoms with Crippen LogP contribution in [0.4, 0.5) is 5.69 Å². The van der Waals surface area contributed by atoms with Gasteiger partial charge in [0.1, 0.15) is 5.75 Å². The molecule has 0 amide bonds. The van der Waals surface area contributed by atoms with Crippen LogP contribution >= 0.6 is 0 Å². The van der Waals surface area contributed by atoms with Crippen LogP contribution in [0.1, 0.15) is 13.3 Å². The number of hydrogen-bond donors (Lipinski definition) is 1. The number of nitrogens with one attached hydrogen (secondary N) is 1. The van der Waals surface area contributed by atoms with Crippen LogP contribution < -0.4 is 9.46 Å². The summed E-state index contributed by atoms with van der Waals surface area (Å²) in [5, 5.41) is 7.70. The summed E-state index contributed by atoms with van der Waals surface area (Å²) < 4.78 is 31.1. The Balaban J connectivity index is 3.02. The van der Waals surface area contributed by atoms with Crippen molar-refractivity contribution in [2.45, 2.75) is 18.6 Å². The van der Waals surface area contributed by atoms with Gasteiger partial charge in [0.2, 0.25) is 10.0 Å². The monoisotopic (exact) mass is 254 g/mol. The Labute approximate surface area is 101 Å². The van der Waals surface area contributed by atoms with Gasteiger partial charge in [0.15, 0.2) is 5.25 Å². The molecule has 0 saturated heterocycles. The molecular formula is C11H14N2O3S. The molecule has 6 heteroatoms. The summed E-state index contributed by atoms with van der Waals surface area (Å²) in [6, 6.07) is 8.41. The van der Waals surface area contributed by atoms with Crippen molar-refractivity contribution in [2.24, 2.45) is 0 Å². The van der Waals surface area contributed by atoms with Gasteiger partial charge >= 0.3 is 0 Å². The van der Waals surface area contributed by atoms with Crippen LogP contribution in [0.3, 0.4) is 0 Å². The Morgan fingerprint density at radius 3 is 2.65 bits per heavy atom. The molecule has 92 valence electrons. The molecule has 0 fully saturated rings. The molecule has 0 heterocycles. The number of methoxy groups -OCH3 is 1. The van der Waals surface area contributed by atoms with E-state index in [4.69, 9.17) is 10.00 Å². The Bertz CT molecular complexity index is 520. The van der Waals surface area contributed by atoms with Gasteiger partial charge in [-0.05, 0) is 18.6 Å². The minimum Gasteiger partial charge on any atom is -0.495 e. The number of para-hydroxylation sites is 2. The fourth-order valence-corrected chi connectivity index (χ4v) is 2.53. The molecule has 17 heavy (non-hydrogen) atoms. The van der Waals surface area contributed by atoms with E-state index < -0.39 is 15.3 Å². The summed E-state index contributed by atoms with van der Waals surface area (Å²) in [6.45, 7) is 1.65. The molecular weight excluding hydrogens is 240 g/mol. The second kappa shape index (κ2) is 5.55. The smallest absolute Gasteiger partial charge is 0.249 e. The summed E-state index contributed by atoms with van der Waals surface area (Å²) in [5.74, 6) is 0.420. The van der Waals surface area contributed by atoms with Gasteiger partial charge in [-0.2, -0.15) is 5.26 Å². The van der Waals surface area contributed by atoms with E-state index in [1.54, 1.807) is 37.3 Å². The van der Waals surface area contributed by atoms with Crippen LogP contribution in [-0.2, 0) is 10.0 Å². The second-order valence-corrected chi connectivity index (χ2v) is 5.24. The third kappa shape index (κ3) is 3.11. The van der Waals surface area contributed by atoms with Crippen molar-refractivity contribution < 1.29 is 13.2 Å². The first-order valence-electron chi connectivity index (χ1n) is 5.09. The highest BCUT2D eigenvalue weighted by atomic mass is 32.2.